The number of aromatic nitrogens is 4. The van der Waals surface area contributed by atoms with Crippen LogP contribution in [0.1, 0.15) is 45.4 Å². The highest BCUT2D eigenvalue weighted by atomic mass is 32.2. The number of carbonyl (C=O) groups is 2. The normalized spacial score (nSPS) is 33.9. The summed E-state index contributed by atoms with van der Waals surface area (Å²) < 4.78 is 1.50. The quantitative estimate of drug-likeness (QED) is 0.785. The molecule has 0 unspecified atom stereocenters. The predicted molar refractivity (Wildman–Crippen MR) is 91.7 cm³/mol. The van der Waals surface area contributed by atoms with Crippen molar-refractivity contribution >= 4 is 23.7 Å². The number of imide groups is 1. The molecule has 0 saturated heterocycles. The monoisotopic (exact) mass is 364 g/mol. The Morgan fingerprint density at radius 3 is 2.32 bits per heavy atom. The molecule has 1 atom stereocenters. The fourth-order valence-corrected chi connectivity index (χ4v) is 6.04. The number of rotatable bonds is 4. The highest BCUT2D eigenvalue weighted by molar-refractivity contribution is 8.00. The average molecular weight is 364 g/mol. The molecule has 1 aromatic rings. The van der Waals surface area contributed by atoms with Gasteiger partial charge in [-0.25, -0.2) is 9.48 Å². The largest absolute Gasteiger partial charge is 0.332 e. The second kappa shape index (κ2) is 6.26. The molecule has 4 aliphatic rings. The molecule has 25 heavy (non-hydrogen) atoms. The summed E-state index contributed by atoms with van der Waals surface area (Å²) in [6.45, 7) is 1.74. The molecule has 3 amide bonds. The number of tetrazole rings is 1. The number of thioether (sulfide) groups is 1. The zero-order valence-electron chi connectivity index (χ0n) is 14.6. The van der Waals surface area contributed by atoms with E-state index in [4.69, 9.17) is 0 Å². The van der Waals surface area contributed by atoms with Crippen molar-refractivity contribution < 1.29 is 9.59 Å². The smallest absolute Gasteiger partial charge is 0.321 e. The summed E-state index contributed by atoms with van der Waals surface area (Å²) in [4.78, 5) is 24.7. The van der Waals surface area contributed by atoms with Crippen LogP contribution in [0.15, 0.2) is 5.16 Å². The van der Waals surface area contributed by atoms with E-state index in [2.05, 4.69) is 26.2 Å². The van der Waals surface area contributed by atoms with Crippen molar-refractivity contribution in [1.82, 2.24) is 30.8 Å². The maximum absolute atomic E-state index is 12.4. The molecule has 4 bridgehead atoms. The van der Waals surface area contributed by atoms with Crippen LogP contribution >= 0.6 is 11.8 Å². The Kier molecular flexibility index (Phi) is 4.21. The molecule has 4 aliphatic carbocycles. The first-order chi connectivity index (χ1) is 11.9. The van der Waals surface area contributed by atoms with Crippen molar-refractivity contribution in [3.05, 3.63) is 0 Å². The van der Waals surface area contributed by atoms with Gasteiger partial charge in [0.1, 0.15) is 0 Å². The van der Waals surface area contributed by atoms with Crippen LogP contribution < -0.4 is 10.6 Å². The fourth-order valence-electron chi connectivity index (χ4n) is 5.28. The molecule has 2 N–H and O–H groups in total. The van der Waals surface area contributed by atoms with E-state index in [1.165, 1.54) is 35.7 Å². The zero-order valence-corrected chi connectivity index (χ0v) is 15.4. The molecule has 0 spiro atoms. The predicted octanol–water partition coefficient (Wildman–Crippen LogP) is 1.49. The van der Waals surface area contributed by atoms with Gasteiger partial charge in [0.2, 0.25) is 11.1 Å². The molecular weight excluding hydrogens is 340 g/mol. The van der Waals surface area contributed by atoms with E-state index in [9.17, 15) is 9.59 Å². The van der Waals surface area contributed by atoms with Gasteiger partial charge in [-0.15, -0.1) is 5.10 Å². The number of aryl methyl sites for hydroxylation is 1. The molecule has 0 aliphatic heterocycles. The second-order valence-electron chi connectivity index (χ2n) is 7.99. The molecule has 1 aromatic heterocycles. The third kappa shape index (κ3) is 3.38. The molecule has 4 saturated carbocycles. The van der Waals surface area contributed by atoms with E-state index in [1.807, 2.05) is 0 Å². The van der Waals surface area contributed by atoms with Crippen molar-refractivity contribution in [3.8, 4) is 0 Å². The number of carbonyl (C=O) groups excluding carboxylic acids is 2. The highest BCUT2D eigenvalue weighted by Gasteiger charge is 2.51. The lowest BCUT2D eigenvalue weighted by atomic mass is 9.53. The van der Waals surface area contributed by atoms with Gasteiger partial charge < -0.3 is 5.32 Å². The number of nitrogens with one attached hydrogen (secondary N) is 2. The Hall–Kier alpha value is -1.64. The molecule has 8 nitrogen and oxygen atoms in total. The van der Waals surface area contributed by atoms with Crippen LogP contribution in [0.4, 0.5) is 4.79 Å². The first kappa shape index (κ1) is 16.8. The lowest BCUT2D eigenvalue weighted by Crippen LogP contribution is -2.62. The zero-order chi connectivity index (χ0) is 17.6. The molecule has 4 fully saturated rings. The van der Waals surface area contributed by atoms with E-state index in [0.717, 1.165) is 37.0 Å². The van der Waals surface area contributed by atoms with Gasteiger partial charge in [0.15, 0.2) is 0 Å². The van der Waals surface area contributed by atoms with Gasteiger partial charge in [-0.2, -0.15) is 0 Å². The van der Waals surface area contributed by atoms with Gasteiger partial charge in [0, 0.05) is 12.6 Å². The minimum Gasteiger partial charge on any atom is -0.332 e. The van der Waals surface area contributed by atoms with Gasteiger partial charge >= 0.3 is 6.03 Å². The molecule has 0 aromatic carbocycles. The SMILES string of the molecule is C[C@H](Sc1nnnn1C)C(=O)NC(=O)NC12CC3CC(CC(C3)C1)C2. The number of amides is 3. The summed E-state index contributed by atoms with van der Waals surface area (Å²) in [5, 5.41) is 16.9. The third-order valence-corrected chi connectivity index (χ3v) is 7.01. The molecule has 9 heteroatoms. The summed E-state index contributed by atoms with van der Waals surface area (Å²) in [7, 11) is 1.71. The van der Waals surface area contributed by atoms with E-state index >= 15 is 0 Å². The van der Waals surface area contributed by atoms with Crippen LogP contribution in [0.3, 0.4) is 0 Å². The standard InChI is InChI=1S/C16H24N6O2S/c1-9(25-15-19-20-21-22(15)2)13(23)17-14(24)18-16-6-10-3-11(7-16)5-12(4-10)8-16/h9-12H,3-8H2,1-2H3,(H2,17,18,23,24)/t9-,10?,11?,12?,16?/m0/s1. The van der Waals surface area contributed by atoms with Crippen LogP contribution in [0.2, 0.25) is 0 Å². The van der Waals surface area contributed by atoms with Crippen molar-refractivity contribution in [1.29, 1.82) is 0 Å². The number of nitrogens with zero attached hydrogens (tertiary/aromatic N) is 4. The van der Waals surface area contributed by atoms with Crippen LogP contribution in [0, 0.1) is 17.8 Å². The van der Waals surface area contributed by atoms with E-state index in [0.29, 0.717) is 5.16 Å². The van der Waals surface area contributed by atoms with Crippen LogP contribution in [0.5, 0.6) is 0 Å². The molecule has 0 radical (unpaired) electrons. The number of hydrogen-bond donors (Lipinski definition) is 2. The Labute approximate surface area is 150 Å². The number of hydrogen-bond acceptors (Lipinski definition) is 6. The molecular formula is C16H24N6O2S. The average Bonchev–Trinajstić information content (AvgIpc) is 2.90. The molecule has 5 rings (SSSR count). The third-order valence-electron chi connectivity index (χ3n) is 5.89. The second-order valence-corrected chi connectivity index (χ2v) is 9.29. The number of urea groups is 1. The van der Waals surface area contributed by atoms with E-state index in [-0.39, 0.29) is 17.5 Å². The van der Waals surface area contributed by atoms with Gasteiger partial charge in [-0.05, 0) is 73.6 Å². The Balaban J connectivity index is 1.33. The lowest BCUT2D eigenvalue weighted by Gasteiger charge is -2.56. The molecule has 136 valence electrons. The Morgan fingerprint density at radius 2 is 1.80 bits per heavy atom. The minimum atomic E-state index is -0.452. The van der Waals surface area contributed by atoms with Crippen molar-refractivity contribution in [2.24, 2.45) is 24.8 Å². The summed E-state index contributed by atoms with van der Waals surface area (Å²) in [5.41, 5.74) is -0.0942. The Bertz CT molecular complexity index is 655. The highest BCUT2D eigenvalue weighted by Crippen LogP contribution is 2.55. The molecule has 1 heterocycles. The van der Waals surface area contributed by atoms with Gasteiger partial charge in [-0.3, -0.25) is 10.1 Å². The summed E-state index contributed by atoms with van der Waals surface area (Å²) in [5.74, 6) is 1.93. The van der Waals surface area contributed by atoms with Crippen molar-refractivity contribution in [2.45, 2.75) is 61.4 Å². The van der Waals surface area contributed by atoms with Crippen molar-refractivity contribution in [3.63, 3.8) is 0 Å². The lowest BCUT2D eigenvalue weighted by molar-refractivity contribution is -0.119. The topological polar surface area (TPSA) is 102 Å². The fraction of sp³-hybridized carbons (Fsp3) is 0.812. The van der Waals surface area contributed by atoms with Crippen molar-refractivity contribution in [2.75, 3.05) is 0 Å². The summed E-state index contributed by atoms with van der Waals surface area (Å²) in [6.07, 6.45) is 7.16. The van der Waals surface area contributed by atoms with Gasteiger partial charge in [-0.1, -0.05) is 11.8 Å². The maximum Gasteiger partial charge on any atom is 0.321 e. The minimum absolute atomic E-state index is 0.0942. The summed E-state index contributed by atoms with van der Waals surface area (Å²) in [6, 6.07) is -0.365. The summed E-state index contributed by atoms with van der Waals surface area (Å²) >= 11 is 1.23. The van der Waals surface area contributed by atoms with Crippen LogP contribution in [-0.4, -0.2) is 42.9 Å². The van der Waals surface area contributed by atoms with Crippen LogP contribution in [0.25, 0.3) is 0 Å². The van der Waals surface area contributed by atoms with Crippen LogP contribution in [-0.2, 0) is 11.8 Å². The first-order valence-corrected chi connectivity index (χ1v) is 9.82. The Morgan fingerprint density at radius 1 is 1.20 bits per heavy atom. The van der Waals surface area contributed by atoms with E-state index < -0.39 is 5.25 Å². The van der Waals surface area contributed by atoms with E-state index in [1.54, 1.807) is 14.0 Å². The first-order valence-electron chi connectivity index (χ1n) is 8.94. The van der Waals surface area contributed by atoms with Gasteiger partial charge in [0.05, 0.1) is 5.25 Å². The maximum atomic E-state index is 12.4. The van der Waals surface area contributed by atoms with Gasteiger partial charge in [0.25, 0.3) is 0 Å².